The van der Waals surface area contributed by atoms with Crippen molar-refractivity contribution in [3.8, 4) is 11.5 Å². The molecule has 0 aromatic heterocycles. The van der Waals surface area contributed by atoms with E-state index in [1.165, 1.54) is 9.80 Å². The molecule has 3 amide bonds. The number of nitrogens with zero attached hydrogens (tertiary/aromatic N) is 2. The first-order chi connectivity index (χ1) is 12.9. The van der Waals surface area contributed by atoms with Gasteiger partial charge in [-0.3, -0.25) is 14.6 Å². The van der Waals surface area contributed by atoms with Gasteiger partial charge in [-0.25, -0.2) is 4.79 Å². The van der Waals surface area contributed by atoms with Crippen LogP contribution in [0, 0.1) is 13.8 Å². The molecule has 1 heterocycles. The summed E-state index contributed by atoms with van der Waals surface area (Å²) >= 11 is 0. The predicted molar refractivity (Wildman–Crippen MR) is 103 cm³/mol. The van der Waals surface area contributed by atoms with Gasteiger partial charge in [0.15, 0.2) is 11.5 Å². The van der Waals surface area contributed by atoms with Crippen LogP contribution in [0.15, 0.2) is 36.4 Å². The van der Waals surface area contributed by atoms with Gasteiger partial charge in [-0.15, -0.1) is 0 Å². The third kappa shape index (κ3) is 3.35. The van der Waals surface area contributed by atoms with Crippen LogP contribution in [0.4, 0.5) is 10.5 Å². The lowest BCUT2D eigenvalue weighted by Crippen LogP contribution is -2.33. The molecule has 1 atom stereocenters. The maximum atomic E-state index is 13.0. The largest absolute Gasteiger partial charge is 0.493 e. The van der Waals surface area contributed by atoms with E-state index in [-0.39, 0.29) is 18.5 Å². The van der Waals surface area contributed by atoms with Gasteiger partial charge in [-0.2, -0.15) is 0 Å². The molecule has 0 aliphatic carbocycles. The van der Waals surface area contributed by atoms with E-state index in [0.717, 1.165) is 22.4 Å². The Balaban J connectivity index is 1.91. The van der Waals surface area contributed by atoms with Crippen molar-refractivity contribution >= 4 is 17.6 Å². The lowest BCUT2D eigenvalue weighted by atomic mass is 10.1. The number of ether oxygens (including phenoxy) is 2. The van der Waals surface area contributed by atoms with E-state index in [4.69, 9.17) is 9.47 Å². The number of rotatable bonds is 5. The average molecular weight is 368 g/mol. The highest BCUT2D eigenvalue weighted by atomic mass is 16.5. The summed E-state index contributed by atoms with van der Waals surface area (Å²) in [6.07, 6.45) is 0. The number of hydrogen-bond donors (Lipinski definition) is 0. The summed E-state index contributed by atoms with van der Waals surface area (Å²) < 4.78 is 10.7. The number of urea groups is 1. The summed E-state index contributed by atoms with van der Waals surface area (Å²) in [6.45, 7) is 5.85. The molecule has 0 N–H and O–H groups in total. The molecule has 0 unspecified atom stereocenters. The summed E-state index contributed by atoms with van der Waals surface area (Å²) in [5.74, 6) is 0.975. The normalized spacial score (nSPS) is 16.9. The van der Waals surface area contributed by atoms with E-state index >= 15 is 0 Å². The van der Waals surface area contributed by atoms with Gasteiger partial charge >= 0.3 is 6.03 Å². The monoisotopic (exact) mass is 368 g/mol. The maximum Gasteiger partial charge on any atom is 0.332 e. The number of hydrogen-bond acceptors (Lipinski definition) is 4. The third-order valence-electron chi connectivity index (χ3n) is 4.93. The Morgan fingerprint density at radius 1 is 0.963 bits per heavy atom. The van der Waals surface area contributed by atoms with Crippen molar-refractivity contribution in [2.24, 2.45) is 0 Å². The van der Waals surface area contributed by atoms with Crippen molar-refractivity contribution in [1.29, 1.82) is 0 Å². The third-order valence-corrected chi connectivity index (χ3v) is 4.93. The number of methoxy groups -OCH3 is 2. The Kier molecular flexibility index (Phi) is 5.08. The molecule has 0 bridgehead atoms. The second-order valence-corrected chi connectivity index (χ2v) is 6.72. The number of imide groups is 1. The Hall–Kier alpha value is -3.02. The van der Waals surface area contributed by atoms with Crippen LogP contribution >= 0.6 is 0 Å². The zero-order chi connectivity index (χ0) is 19.7. The lowest BCUT2D eigenvalue weighted by molar-refractivity contribution is -0.127. The Morgan fingerprint density at radius 2 is 1.56 bits per heavy atom. The first-order valence-corrected chi connectivity index (χ1v) is 8.80. The van der Waals surface area contributed by atoms with E-state index < -0.39 is 6.04 Å². The molecule has 1 aliphatic heterocycles. The van der Waals surface area contributed by atoms with Crippen LogP contribution in [0.25, 0.3) is 0 Å². The molecule has 0 radical (unpaired) electrons. The first kappa shape index (κ1) is 18.8. The van der Waals surface area contributed by atoms with Gasteiger partial charge in [0, 0.05) is 5.69 Å². The van der Waals surface area contributed by atoms with Crippen LogP contribution in [0.5, 0.6) is 11.5 Å². The lowest BCUT2D eigenvalue weighted by Gasteiger charge is -2.20. The number of carbonyl (C=O) groups excluding carboxylic acids is 2. The van der Waals surface area contributed by atoms with Crippen molar-refractivity contribution in [3.63, 3.8) is 0 Å². The van der Waals surface area contributed by atoms with Crippen LogP contribution in [0.3, 0.4) is 0 Å². The topological polar surface area (TPSA) is 59.1 Å². The van der Waals surface area contributed by atoms with E-state index in [1.54, 1.807) is 21.1 Å². The molecule has 0 spiro atoms. The van der Waals surface area contributed by atoms with Gasteiger partial charge < -0.3 is 9.47 Å². The van der Waals surface area contributed by atoms with E-state index in [0.29, 0.717) is 11.5 Å². The summed E-state index contributed by atoms with van der Waals surface area (Å²) in [5, 5.41) is 0. The number of anilines is 1. The van der Waals surface area contributed by atoms with Crippen molar-refractivity contribution in [2.75, 3.05) is 19.1 Å². The fourth-order valence-electron chi connectivity index (χ4n) is 3.27. The average Bonchev–Trinajstić information content (AvgIpc) is 2.87. The second-order valence-electron chi connectivity index (χ2n) is 6.72. The smallest absolute Gasteiger partial charge is 0.332 e. The van der Waals surface area contributed by atoms with Crippen LogP contribution in [0.2, 0.25) is 0 Å². The number of benzene rings is 2. The highest BCUT2D eigenvalue weighted by Gasteiger charge is 2.43. The van der Waals surface area contributed by atoms with E-state index in [9.17, 15) is 9.59 Å². The van der Waals surface area contributed by atoms with Gasteiger partial charge in [-0.1, -0.05) is 17.7 Å². The van der Waals surface area contributed by atoms with Crippen molar-refractivity contribution < 1.29 is 19.1 Å². The Bertz CT molecular complexity index is 876. The molecule has 6 heteroatoms. The minimum atomic E-state index is -0.541. The molecule has 0 saturated carbocycles. The van der Waals surface area contributed by atoms with Gasteiger partial charge in [0.05, 0.1) is 20.8 Å². The van der Waals surface area contributed by atoms with E-state index in [1.807, 2.05) is 50.2 Å². The summed E-state index contributed by atoms with van der Waals surface area (Å²) in [6, 6.07) is 10.4. The van der Waals surface area contributed by atoms with Gasteiger partial charge in [-0.05, 0) is 56.2 Å². The van der Waals surface area contributed by atoms with Crippen LogP contribution in [-0.4, -0.2) is 37.1 Å². The maximum absolute atomic E-state index is 13.0. The highest BCUT2D eigenvalue weighted by molar-refractivity contribution is 6.14. The minimum absolute atomic E-state index is 0.191. The highest BCUT2D eigenvalue weighted by Crippen LogP contribution is 2.33. The SMILES string of the molecule is COc1cc(C)c(CN2C(=O)[C@H](C)N(c3ccc(C)cc3)C2=O)cc1OC. The first-order valence-electron chi connectivity index (χ1n) is 8.80. The van der Waals surface area contributed by atoms with Gasteiger partial charge in [0.25, 0.3) is 5.91 Å². The molecule has 27 heavy (non-hydrogen) atoms. The number of aryl methyl sites for hydroxylation is 2. The quantitative estimate of drug-likeness (QED) is 0.756. The van der Waals surface area contributed by atoms with Crippen molar-refractivity contribution in [1.82, 2.24) is 4.90 Å². The zero-order valence-corrected chi connectivity index (χ0v) is 16.3. The summed E-state index contributed by atoms with van der Waals surface area (Å²) in [7, 11) is 3.13. The predicted octanol–water partition coefficient (Wildman–Crippen LogP) is 3.68. The Morgan fingerprint density at radius 3 is 2.15 bits per heavy atom. The van der Waals surface area contributed by atoms with Crippen molar-refractivity contribution in [2.45, 2.75) is 33.4 Å². The van der Waals surface area contributed by atoms with Gasteiger partial charge in [0.1, 0.15) is 6.04 Å². The second kappa shape index (κ2) is 7.31. The molecule has 1 fully saturated rings. The number of carbonyl (C=O) groups is 2. The molecular formula is C21H24N2O4. The molecule has 3 rings (SSSR count). The van der Waals surface area contributed by atoms with Crippen LogP contribution in [0.1, 0.15) is 23.6 Å². The minimum Gasteiger partial charge on any atom is -0.493 e. The number of amides is 3. The standard InChI is InChI=1S/C21H24N2O4/c1-13-6-8-17(9-7-13)23-15(3)20(24)22(21(23)25)12-16-11-19(27-5)18(26-4)10-14(16)2/h6-11,15H,12H2,1-5H3/t15-/m0/s1. The molecule has 2 aromatic carbocycles. The molecule has 142 valence electrons. The fourth-order valence-corrected chi connectivity index (χ4v) is 3.27. The molecule has 2 aromatic rings. The Labute approximate surface area is 159 Å². The van der Waals surface area contributed by atoms with Crippen LogP contribution in [-0.2, 0) is 11.3 Å². The van der Waals surface area contributed by atoms with Gasteiger partial charge in [0.2, 0.25) is 0 Å². The summed E-state index contributed by atoms with van der Waals surface area (Å²) in [4.78, 5) is 28.6. The molecule has 1 aliphatic rings. The fraction of sp³-hybridized carbons (Fsp3) is 0.333. The zero-order valence-electron chi connectivity index (χ0n) is 16.3. The van der Waals surface area contributed by atoms with Crippen LogP contribution < -0.4 is 14.4 Å². The molecule has 1 saturated heterocycles. The molecule has 6 nitrogen and oxygen atoms in total. The summed E-state index contributed by atoms with van der Waals surface area (Å²) in [5.41, 5.74) is 3.59. The van der Waals surface area contributed by atoms with E-state index in [2.05, 4.69) is 0 Å². The molecular weight excluding hydrogens is 344 g/mol. The van der Waals surface area contributed by atoms with Crippen molar-refractivity contribution in [3.05, 3.63) is 53.1 Å².